The Morgan fingerprint density at radius 3 is 2.79 bits per heavy atom. The van der Waals surface area contributed by atoms with E-state index in [0.717, 1.165) is 4.57 Å². The first-order chi connectivity index (χ1) is 11.6. The lowest BCUT2D eigenvalue weighted by Gasteiger charge is -2.23. The second-order valence-electron chi connectivity index (χ2n) is 5.82. The van der Waals surface area contributed by atoms with Crippen LogP contribution in [0.15, 0.2) is 35.3 Å². The fourth-order valence-electron chi connectivity index (χ4n) is 3.00. The Morgan fingerprint density at radius 2 is 2.04 bits per heavy atom. The fraction of sp³-hybridized carbons (Fsp3) is 0.375. The molecule has 3 heterocycles. The van der Waals surface area contributed by atoms with Gasteiger partial charge in [0.05, 0.1) is 18.0 Å². The average molecular weight is 331 g/mol. The van der Waals surface area contributed by atoms with Crippen LogP contribution in [-0.2, 0) is 4.74 Å². The number of benzene rings is 1. The van der Waals surface area contributed by atoms with Gasteiger partial charge in [0, 0.05) is 0 Å². The van der Waals surface area contributed by atoms with E-state index in [9.17, 15) is 15.0 Å². The minimum absolute atomic E-state index is 0.301. The number of hydrogen-bond donors (Lipinski definition) is 3. The van der Waals surface area contributed by atoms with Crippen LogP contribution >= 0.6 is 0 Å². The van der Waals surface area contributed by atoms with Crippen molar-refractivity contribution in [3.05, 3.63) is 40.9 Å². The van der Waals surface area contributed by atoms with Gasteiger partial charge in [-0.25, -0.2) is 4.79 Å². The zero-order chi connectivity index (χ0) is 16.8. The van der Waals surface area contributed by atoms with Crippen molar-refractivity contribution >= 4 is 11.5 Å². The number of aromatic nitrogens is 2. The minimum atomic E-state index is -1.21. The van der Waals surface area contributed by atoms with Gasteiger partial charge in [0.1, 0.15) is 12.2 Å². The van der Waals surface area contributed by atoms with Gasteiger partial charge < -0.3 is 25.0 Å². The predicted molar refractivity (Wildman–Crippen MR) is 84.5 cm³/mol. The zero-order valence-electron chi connectivity index (χ0n) is 12.9. The highest BCUT2D eigenvalue weighted by atomic mass is 16.6. The maximum atomic E-state index is 12.3. The van der Waals surface area contributed by atoms with Gasteiger partial charge in [-0.2, -0.15) is 4.98 Å². The largest absolute Gasteiger partial charge is 0.450 e. The molecule has 8 heteroatoms. The first-order valence-electron chi connectivity index (χ1n) is 7.77. The summed E-state index contributed by atoms with van der Waals surface area (Å²) in [6, 6.07) is 7.29. The normalized spacial score (nSPS) is 27.8. The summed E-state index contributed by atoms with van der Waals surface area (Å²) in [5.41, 5.74) is 0.116. The fourth-order valence-corrected chi connectivity index (χ4v) is 3.00. The first-order valence-corrected chi connectivity index (χ1v) is 7.77. The van der Waals surface area contributed by atoms with Crippen molar-refractivity contribution in [1.82, 2.24) is 9.55 Å². The summed E-state index contributed by atoms with van der Waals surface area (Å²) in [6.07, 6.45) is -1.85. The maximum absolute atomic E-state index is 12.3. The van der Waals surface area contributed by atoms with Crippen LogP contribution in [-0.4, -0.2) is 38.1 Å². The van der Waals surface area contributed by atoms with E-state index in [1.165, 1.54) is 6.20 Å². The monoisotopic (exact) mass is 331 g/mol. The van der Waals surface area contributed by atoms with Crippen LogP contribution in [0.2, 0.25) is 0 Å². The molecule has 4 atom stereocenters. The highest BCUT2D eigenvalue weighted by molar-refractivity contribution is 5.72. The number of fused-ring (bicyclic) bond motifs is 2. The van der Waals surface area contributed by atoms with E-state index in [1.54, 1.807) is 6.07 Å². The van der Waals surface area contributed by atoms with Crippen molar-refractivity contribution in [1.29, 1.82) is 0 Å². The standard InChI is InChI=1S/C16H17N3O5/c1-2-9-12(20)13(21)15(24-9)19-7-11-14(18-16(19)22)17-8-5-3-4-6-10(8)23-11/h3-7,9,12-13,15,20-21H,2H2,1H3,(H,17,18,22). The van der Waals surface area contributed by atoms with Gasteiger partial charge >= 0.3 is 5.69 Å². The van der Waals surface area contributed by atoms with E-state index in [4.69, 9.17) is 9.47 Å². The Kier molecular flexibility index (Phi) is 3.52. The summed E-state index contributed by atoms with van der Waals surface area (Å²) < 4.78 is 12.5. The second kappa shape index (κ2) is 5.59. The van der Waals surface area contributed by atoms with Crippen molar-refractivity contribution < 1.29 is 19.7 Å². The van der Waals surface area contributed by atoms with Crippen LogP contribution in [0.5, 0.6) is 11.5 Å². The van der Waals surface area contributed by atoms with E-state index in [1.807, 2.05) is 25.1 Å². The van der Waals surface area contributed by atoms with Gasteiger partial charge in [0.25, 0.3) is 0 Å². The molecule has 1 aromatic carbocycles. The molecule has 0 bridgehead atoms. The van der Waals surface area contributed by atoms with Crippen LogP contribution in [0.25, 0.3) is 0 Å². The quantitative estimate of drug-likeness (QED) is 0.646. The predicted octanol–water partition coefficient (Wildman–Crippen LogP) is 1.12. The van der Waals surface area contributed by atoms with Crippen LogP contribution < -0.4 is 15.7 Å². The van der Waals surface area contributed by atoms with Crippen molar-refractivity contribution in [3.63, 3.8) is 0 Å². The van der Waals surface area contributed by atoms with E-state index in [2.05, 4.69) is 10.3 Å². The van der Waals surface area contributed by atoms with Gasteiger partial charge in [0.15, 0.2) is 23.5 Å². The summed E-state index contributed by atoms with van der Waals surface area (Å²) in [4.78, 5) is 16.3. The van der Waals surface area contributed by atoms with Gasteiger partial charge in [-0.3, -0.25) is 4.57 Å². The number of nitrogens with one attached hydrogen (secondary N) is 1. The lowest BCUT2D eigenvalue weighted by Crippen LogP contribution is -2.35. The van der Waals surface area contributed by atoms with Crippen LogP contribution in [0.1, 0.15) is 19.6 Å². The van der Waals surface area contributed by atoms with Gasteiger partial charge in [-0.1, -0.05) is 19.1 Å². The molecule has 24 heavy (non-hydrogen) atoms. The smallest absolute Gasteiger partial charge is 0.351 e. The van der Waals surface area contributed by atoms with Crippen LogP contribution in [0.4, 0.5) is 11.5 Å². The second-order valence-corrected chi connectivity index (χ2v) is 5.82. The third-order valence-electron chi connectivity index (χ3n) is 4.29. The van der Waals surface area contributed by atoms with Crippen molar-refractivity contribution in [3.8, 4) is 11.5 Å². The molecule has 0 amide bonds. The van der Waals surface area contributed by atoms with Crippen LogP contribution in [0.3, 0.4) is 0 Å². The summed E-state index contributed by atoms with van der Waals surface area (Å²) in [5, 5.41) is 23.2. The van der Waals surface area contributed by atoms with E-state index >= 15 is 0 Å². The first kappa shape index (κ1) is 15.1. The molecule has 2 aliphatic heterocycles. The zero-order valence-corrected chi connectivity index (χ0v) is 12.9. The van der Waals surface area contributed by atoms with Gasteiger partial charge in [-0.15, -0.1) is 0 Å². The summed E-state index contributed by atoms with van der Waals surface area (Å²) in [7, 11) is 0. The molecule has 4 rings (SSSR count). The molecule has 0 aliphatic carbocycles. The molecule has 3 N–H and O–H groups in total. The van der Waals surface area contributed by atoms with Gasteiger partial charge in [0.2, 0.25) is 0 Å². The summed E-state index contributed by atoms with van der Waals surface area (Å²) >= 11 is 0. The number of anilines is 2. The Balaban J connectivity index is 1.72. The van der Waals surface area contributed by atoms with E-state index in [-0.39, 0.29) is 0 Å². The molecule has 8 nitrogen and oxygen atoms in total. The molecule has 2 aromatic rings. The Labute approximate surface area is 137 Å². The Hall–Kier alpha value is -2.42. The number of nitrogens with zero attached hydrogens (tertiary/aromatic N) is 2. The number of para-hydroxylation sites is 2. The minimum Gasteiger partial charge on any atom is -0.450 e. The Morgan fingerprint density at radius 1 is 1.25 bits per heavy atom. The molecule has 1 saturated heterocycles. The SMILES string of the molecule is CCC1OC(n2cc3c(nc2=O)Nc2ccccc2O3)C(O)C1O. The number of aliphatic hydroxyl groups is 2. The van der Waals surface area contributed by atoms with E-state index < -0.39 is 30.2 Å². The Bertz CT molecular complexity index is 837. The molecule has 0 saturated carbocycles. The molecule has 4 unspecified atom stereocenters. The lowest BCUT2D eigenvalue weighted by atomic mass is 10.1. The van der Waals surface area contributed by atoms with Gasteiger partial charge in [-0.05, 0) is 18.6 Å². The molecular weight excluding hydrogens is 314 g/mol. The number of hydrogen-bond acceptors (Lipinski definition) is 7. The molecule has 0 radical (unpaired) electrons. The highest BCUT2D eigenvalue weighted by Crippen LogP contribution is 2.40. The third-order valence-corrected chi connectivity index (χ3v) is 4.29. The average Bonchev–Trinajstić information content (AvgIpc) is 2.87. The molecule has 1 fully saturated rings. The highest BCUT2D eigenvalue weighted by Gasteiger charge is 2.43. The van der Waals surface area contributed by atoms with Crippen LogP contribution in [0, 0.1) is 0 Å². The summed E-state index contributed by atoms with van der Waals surface area (Å²) in [6.45, 7) is 1.83. The molecule has 2 aliphatic rings. The lowest BCUT2D eigenvalue weighted by molar-refractivity contribution is -0.0406. The van der Waals surface area contributed by atoms with Crippen molar-refractivity contribution in [2.75, 3.05) is 5.32 Å². The molecular formula is C16H17N3O5. The van der Waals surface area contributed by atoms with Crippen molar-refractivity contribution in [2.24, 2.45) is 0 Å². The topological polar surface area (TPSA) is 106 Å². The maximum Gasteiger partial charge on any atom is 0.351 e. The molecule has 0 spiro atoms. The van der Waals surface area contributed by atoms with Crippen molar-refractivity contribution in [2.45, 2.75) is 37.9 Å². The molecule has 1 aromatic heterocycles. The molecule has 126 valence electrons. The third kappa shape index (κ3) is 2.27. The summed E-state index contributed by atoms with van der Waals surface area (Å²) in [5.74, 6) is 1.25. The van der Waals surface area contributed by atoms with E-state index in [0.29, 0.717) is 29.4 Å². The number of rotatable bonds is 2. The number of ether oxygens (including phenoxy) is 2. The number of aliphatic hydroxyl groups excluding tert-OH is 2.